The van der Waals surface area contributed by atoms with Crippen molar-refractivity contribution >= 4 is 28.3 Å². The highest BCUT2D eigenvalue weighted by molar-refractivity contribution is 6.07. The lowest BCUT2D eigenvalue weighted by Gasteiger charge is -2.24. The number of hydrogen-bond acceptors (Lipinski definition) is 5. The smallest absolute Gasteiger partial charge is 0.255 e. The molecule has 1 saturated carbocycles. The van der Waals surface area contributed by atoms with Crippen molar-refractivity contribution in [3.63, 3.8) is 0 Å². The summed E-state index contributed by atoms with van der Waals surface area (Å²) in [6, 6.07) is 9.28. The predicted molar refractivity (Wildman–Crippen MR) is 133 cm³/mol. The second kappa shape index (κ2) is 10.1. The Labute approximate surface area is 195 Å². The van der Waals surface area contributed by atoms with Gasteiger partial charge >= 0.3 is 0 Å². The normalized spacial score (nSPS) is 14.3. The second-order valence-corrected chi connectivity index (χ2v) is 8.57. The first kappa shape index (κ1) is 23.0. The quantitative estimate of drug-likeness (QED) is 0.458. The highest BCUT2D eigenvalue weighted by Crippen LogP contribution is 2.35. The molecule has 1 aromatic heterocycles. The summed E-state index contributed by atoms with van der Waals surface area (Å²) in [4.78, 5) is 23.9. The molecular weight excluding hydrogens is 416 g/mol. The van der Waals surface area contributed by atoms with Gasteiger partial charge in [-0.05, 0) is 51.0 Å². The molecule has 1 fully saturated rings. The molecule has 1 heterocycles. The van der Waals surface area contributed by atoms with Crippen molar-refractivity contribution in [2.75, 3.05) is 37.5 Å². The van der Waals surface area contributed by atoms with Crippen LogP contribution in [0.15, 0.2) is 30.3 Å². The minimum atomic E-state index is -0.216. The molecule has 33 heavy (non-hydrogen) atoms. The minimum Gasteiger partial charge on any atom is -0.497 e. The van der Waals surface area contributed by atoms with Gasteiger partial charge in [-0.3, -0.25) is 4.79 Å². The number of anilines is 2. The average molecular weight is 451 g/mol. The van der Waals surface area contributed by atoms with Crippen LogP contribution in [0.1, 0.15) is 68.1 Å². The van der Waals surface area contributed by atoms with Crippen molar-refractivity contribution in [3.05, 3.63) is 41.7 Å². The van der Waals surface area contributed by atoms with Crippen molar-refractivity contribution in [2.24, 2.45) is 0 Å². The number of fused-ring (bicyclic) bond motifs is 1. The molecule has 2 aromatic carbocycles. The van der Waals surface area contributed by atoms with Crippen LogP contribution in [0.2, 0.25) is 0 Å². The number of imidazole rings is 1. The summed E-state index contributed by atoms with van der Waals surface area (Å²) >= 11 is 0. The molecule has 0 aliphatic heterocycles. The SMILES string of the molecule is CCN(CC)c1cc2nc(C3CCCCC3)[nH]c2cc1NC(=O)c1cc(OC)cc(OC)c1. The summed E-state index contributed by atoms with van der Waals surface area (Å²) in [5.41, 5.74) is 4.10. The van der Waals surface area contributed by atoms with E-state index in [4.69, 9.17) is 14.5 Å². The summed E-state index contributed by atoms with van der Waals surface area (Å²) in [7, 11) is 3.15. The maximum absolute atomic E-state index is 13.2. The number of methoxy groups -OCH3 is 2. The Morgan fingerprint density at radius 1 is 1.03 bits per heavy atom. The van der Waals surface area contributed by atoms with Gasteiger partial charge in [0.15, 0.2) is 0 Å². The monoisotopic (exact) mass is 450 g/mol. The molecule has 1 aliphatic carbocycles. The first-order chi connectivity index (χ1) is 16.1. The lowest BCUT2D eigenvalue weighted by Crippen LogP contribution is -2.24. The molecule has 176 valence electrons. The molecule has 0 saturated heterocycles. The first-order valence-electron chi connectivity index (χ1n) is 11.9. The fraction of sp³-hybridized carbons (Fsp3) is 0.462. The highest BCUT2D eigenvalue weighted by Gasteiger charge is 2.21. The van der Waals surface area contributed by atoms with Gasteiger partial charge in [-0.25, -0.2) is 4.98 Å². The van der Waals surface area contributed by atoms with E-state index < -0.39 is 0 Å². The third-order valence-corrected chi connectivity index (χ3v) is 6.58. The molecule has 3 aromatic rings. The predicted octanol–water partition coefficient (Wildman–Crippen LogP) is 5.73. The minimum absolute atomic E-state index is 0.216. The zero-order chi connectivity index (χ0) is 23.4. The van der Waals surface area contributed by atoms with E-state index in [9.17, 15) is 4.79 Å². The lowest BCUT2D eigenvalue weighted by molar-refractivity contribution is 0.102. The number of carbonyl (C=O) groups is 1. The molecule has 0 bridgehead atoms. The Bertz CT molecular complexity index is 1090. The molecular formula is C26H34N4O3. The van der Waals surface area contributed by atoms with E-state index in [0.29, 0.717) is 23.0 Å². The summed E-state index contributed by atoms with van der Waals surface area (Å²) in [5, 5.41) is 3.12. The van der Waals surface area contributed by atoms with Crippen LogP contribution in [0.25, 0.3) is 11.0 Å². The molecule has 1 amide bonds. The van der Waals surface area contributed by atoms with Crippen LogP contribution in [0.5, 0.6) is 11.5 Å². The maximum Gasteiger partial charge on any atom is 0.255 e. The molecule has 1 aliphatic rings. The molecule has 2 N–H and O–H groups in total. The fourth-order valence-electron chi connectivity index (χ4n) is 4.69. The van der Waals surface area contributed by atoms with E-state index in [-0.39, 0.29) is 5.91 Å². The molecule has 0 spiro atoms. The van der Waals surface area contributed by atoms with Crippen LogP contribution < -0.4 is 19.7 Å². The lowest BCUT2D eigenvalue weighted by atomic mass is 9.89. The van der Waals surface area contributed by atoms with Crippen LogP contribution in [0.4, 0.5) is 11.4 Å². The number of aromatic nitrogens is 2. The number of ether oxygens (including phenoxy) is 2. The summed E-state index contributed by atoms with van der Waals surface area (Å²) < 4.78 is 10.7. The number of hydrogen-bond donors (Lipinski definition) is 2. The van der Waals surface area contributed by atoms with E-state index in [1.807, 2.05) is 6.07 Å². The third kappa shape index (κ3) is 4.92. The van der Waals surface area contributed by atoms with Gasteiger partial charge < -0.3 is 24.7 Å². The summed E-state index contributed by atoms with van der Waals surface area (Å²) in [6.45, 7) is 5.89. The number of aromatic amines is 1. The van der Waals surface area contributed by atoms with Gasteiger partial charge in [0.25, 0.3) is 5.91 Å². The number of nitrogens with one attached hydrogen (secondary N) is 2. The van der Waals surface area contributed by atoms with E-state index in [1.165, 1.54) is 32.1 Å². The van der Waals surface area contributed by atoms with Gasteiger partial charge in [0, 0.05) is 30.6 Å². The van der Waals surface area contributed by atoms with Crippen LogP contribution in [0, 0.1) is 0 Å². The Balaban J connectivity index is 1.71. The van der Waals surface area contributed by atoms with Crippen molar-refractivity contribution in [3.8, 4) is 11.5 Å². The number of H-pyrrole nitrogens is 1. The largest absolute Gasteiger partial charge is 0.497 e. The van der Waals surface area contributed by atoms with Gasteiger partial charge in [-0.2, -0.15) is 0 Å². The van der Waals surface area contributed by atoms with Crippen LogP contribution in [-0.4, -0.2) is 43.2 Å². The maximum atomic E-state index is 13.2. The topological polar surface area (TPSA) is 79.5 Å². The summed E-state index contributed by atoms with van der Waals surface area (Å²) in [6.07, 6.45) is 6.21. The summed E-state index contributed by atoms with van der Waals surface area (Å²) in [5.74, 6) is 2.49. The van der Waals surface area contributed by atoms with E-state index in [2.05, 4.69) is 35.1 Å². The van der Waals surface area contributed by atoms with E-state index in [0.717, 1.165) is 41.3 Å². The van der Waals surface area contributed by atoms with E-state index in [1.54, 1.807) is 32.4 Å². The van der Waals surface area contributed by atoms with Crippen LogP contribution >= 0.6 is 0 Å². The highest BCUT2D eigenvalue weighted by atomic mass is 16.5. The third-order valence-electron chi connectivity index (χ3n) is 6.58. The van der Waals surface area contributed by atoms with Gasteiger partial charge in [0.1, 0.15) is 17.3 Å². The molecule has 0 unspecified atom stereocenters. The Hall–Kier alpha value is -3.22. The number of amides is 1. The van der Waals surface area contributed by atoms with Crippen molar-refractivity contribution in [1.29, 1.82) is 0 Å². The van der Waals surface area contributed by atoms with Gasteiger partial charge in [0.2, 0.25) is 0 Å². The molecule has 7 nitrogen and oxygen atoms in total. The number of carbonyl (C=O) groups excluding carboxylic acids is 1. The molecule has 0 radical (unpaired) electrons. The van der Waals surface area contributed by atoms with Gasteiger partial charge in [-0.1, -0.05) is 19.3 Å². The fourth-order valence-corrected chi connectivity index (χ4v) is 4.69. The number of benzene rings is 2. The number of rotatable bonds is 8. The zero-order valence-corrected chi connectivity index (χ0v) is 20.0. The van der Waals surface area contributed by atoms with Crippen LogP contribution in [0.3, 0.4) is 0 Å². The standard InChI is InChI=1S/C26H34N4O3/c1-5-30(6-2)24-16-22-21(27-25(28-22)17-10-8-7-9-11-17)15-23(24)29-26(31)18-12-19(32-3)14-20(13-18)33-4/h12-17H,5-11H2,1-4H3,(H,27,28)(H,29,31). The Morgan fingerprint density at radius 2 is 1.70 bits per heavy atom. The van der Waals surface area contributed by atoms with Crippen LogP contribution in [-0.2, 0) is 0 Å². The zero-order valence-electron chi connectivity index (χ0n) is 20.0. The second-order valence-electron chi connectivity index (χ2n) is 8.57. The Morgan fingerprint density at radius 3 is 2.30 bits per heavy atom. The molecule has 7 heteroatoms. The van der Waals surface area contributed by atoms with E-state index >= 15 is 0 Å². The van der Waals surface area contributed by atoms with Gasteiger partial charge in [0.05, 0.1) is 36.6 Å². The van der Waals surface area contributed by atoms with Crippen molar-refractivity contribution in [2.45, 2.75) is 51.9 Å². The number of nitrogens with zero attached hydrogens (tertiary/aromatic N) is 2. The molecule has 4 rings (SSSR count). The van der Waals surface area contributed by atoms with Gasteiger partial charge in [-0.15, -0.1) is 0 Å². The first-order valence-corrected chi connectivity index (χ1v) is 11.9. The van der Waals surface area contributed by atoms with Crippen molar-refractivity contribution in [1.82, 2.24) is 9.97 Å². The molecule has 0 atom stereocenters. The van der Waals surface area contributed by atoms with Crippen molar-refractivity contribution < 1.29 is 14.3 Å². The Kier molecular flexibility index (Phi) is 7.06. The average Bonchev–Trinajstić information content (AvgIpc) is 3.28.